The van der Waals surface area contributed by atoms with Crippen LogP contribution >= 0.6 is 0 Å². The molecule has 0 unspecified atom stereocenters. The van der Waals surface area contributed by atoms with E-state index < -0.39 is 0 Å². The van der Waals surface area contributed by atoms with E-state index in [1.54, 1.807) is 6.07 Å². The van der Waals surface area contributed by atoms with Crippen molar-refractivity contribution in [1.82, 2.24) is 0 Å². The summed E-state index contributed by atoms with van der Waals surface area (Å²) >= 11 is 0. The molecule has 5 heteroatoms. The monoisotopic (exact) mass is 853 g/mol. The van der Waals surface area contributed by atoms with Crippen molar-refractivity contribution in [3.63, 3.8) is 0 Å². The number of nitrogens with two attached hydrogens (primary N) is 4. The number of benzene rings is 6. The van der Waals surface area contributed by atoms with Crippen LogP contribution in [0.1, 0.15) is 139 Å². The molecular weight excluding hydrogens is 781 g/mol. The molecule has 0 bridgehead atoms. The molecular formula is C59H72N4O. The van der Waals surface area contributed by atoms with Gasteiger partial charge in [-0.25, -0.2) is 0 Å². The zero-order chi connectivity index (χ0) is 44.3. The van der Waals surface area contributed by atoms with E-state index in [2.05, 4.69) is 110 Å². The number of anilines is 4. The van der Waals surface area contributed by atoms with Crippen LogP contribution in [0.4, 0.5) is 22.7 Å². The fourth-order valence-corrected chi connectivity index (χ4v) is 11.2. The van der Waals surface area contributed by atoms with E-state index in [-0.39, 0.29) is 0 Å². The average Bonchev–Trinajstić information content (AvgIpc) is 3.30. The molecule has 3 aliphatic carbocycles. The van der Waals surface area contributed by atoms with Crippen LogP contribution in [0.3, 0.4) is 0 Å². The molecule has 0 spiro atoms. The van der Waals surface area contributed by atoms with Gasteiger partial charge in [-0.1, -0.05) is 109 Å². The van der Waals surface area contributed by atoms with Gasteiger partial charge in [-0.2, -0.15) is 0 Å². The molecule has 0 aromatic heterocycles. The van der Waals surface area contributed by atoms with E-state index in [9.17, 15) is 0 Å². The lowest BCUT2D eigenvalue weighted by atomic mass is 9.68. The Hall–Kier alpha value is -5.52. The normalized spacial score (nSPS) is 22.3. The Morgan fingerprint density at radius 1 is 0.406 bits per heavy atom. The van der Waals surface area contributed by atoms with E-state index in [1.165, 1.54) is 115 Å². The molecule has 334 valence electrons. The maximum atomic E-state index is 6.18. The van der Waals surface area contributed by atoms with Crippen LogP contribution < -0.4 is 22.9 Å². The molecule has 8 N–H and O–H groups in total. The first-order valence-electron chi connectivity index (χ1n) is 24.4. The lowest BCUT2D eigenvalue weighted by Gasteiger charge is -2.38. The van der Waals surface area contributed by atoms with E-state index in [4.69, 9.17) is 27.7 Å². The maximum absolute atomic E-state index is 6.18. The zero-order valence-corrected chi connectivity index (χ0v) is 38.3. The van der Waals surface area contributed by atoms with Crippen LogP contribution in [-0.2, 0) is 30.6 Å². The predicted octanol–water partition coefficient (Wildman–Crippen LogP) is 13.8. The molecule has 6 aromatic carbocycles. The summed E-state index contributed by atoms with van der Waals surface area (Å²) in [6, 6.07) is 49.8. The van der Waals surface area contributed by atoms with Gasteiger partial charge in [-0.15, -0.1) is 0 Å². The molecule has 0 radical (unpaired) electrons. The number of aryl methyl sites for hydroxylation is 1. The van der Waals surface area contributed by atoms with Gasteiger partial charge in [0, 0.05) is 22.7 Å². The third-order valence-corrected chi connectivity index (χ3v) is 14.8. The number of rotatable bonds is 12. The van der Waals surface area contributed by atoms with Crippen molar-refractivity contribution >= 4 is 22.7 Å². The van der Waals surface area contributed by atoms with Gasteiger partial charge >= 0.3 is 0 Å². The van der Waals surface area contributed by atoms with Gasteiger partial charge in [0.25, 0.3) is 0 Å². The zero-order valence-electron chi connectivity index (χ0n) is 38.3. The van der Waals surface area contributed by atoms with Crippen LogP contribution in [-0.4, -0.2) is 6.10 Å². The topological polar surface area (TPSA) is 113 Å². The molecule has 0 aliphatic heterocycles. The summed E-state index contributed by atoms with van der Waals surface area (Å²) in [5.41, 5.74) is 38.7. The smallest absolute Gasteiger partial charge is 0.0720 e. The Bertz CT molecular complexity index is 2290. The Kier molecular flexibility index (Phi) is 15.4. The number of hydrogen-bond acceptors (Lipinski definition) is 5. The molecule has 5 nitrogen and oxygen atoms in total. The number of nitrogen functional groups attached to an aromatic ring is 4. The van der Waals surface area contributed by atoms with Crippen molar-refractivity contribution in [3.8, 4) is 0 Å². The van der Waals surface area contributed by atoms with E-state index >= 15 is 0 Å². The highest BCUT2D eigenvalue weighted by atomic mass is 16.5. The fraction of sp³-hybridized carbons (Fsp3) is 0.390. The first-order chi connectivity index (χ1) is 31.2. The van der Waals surface area contributed by atoms with Crippen molar-refractivity contribution < 1.29 is 4.74 Å². The molecule has 0 atom stereocenters. The highest BCUT2D eigenvalue weighted by Crippen LogP contribution is 2.44. The molecule has 3 saturated carbocycles. The van der Waals surface area contributed by atoms with Crippen molar-refractivity contribution in [2.24, 2.45) is 17.8 Å². The Morgan fingerprint density at radius 3 is 1.30 bits per heavy atom. The number of ether oxygens (including phenoxy) is 1. The standard InChI is InChI=1S/C32H40N2.C27H32N2O/c33-31-20-26(21-32(34)22-31)19-25-8-12-28(13-9-25)30-16-14-29(15-17-30)27-10-6-24(7-11-27)18-23-4-2-1-3-5-23;1-19-2-4-21(5-3-19)18-30-27-12-10-24(11-13-27)23-8-6-20(7-9-23)14-22-15-25(28)17-26(29)16-22/h1-5,8-9,12-13,20-22,24,27,29-30H,6-7,10-11,14-19,33-34H2;2-9,15-17,24,27H,10-14,18,28-29H2,1H3. The van der Waals surface area contributed by atoms with Gasteiger partial charge in [0.15, 0.2) is 0 Å². The highest BCUT2D eigenvalue weighted by molar-refractivity contribution is 5.56. The van der Waals surface area contributed by atoms with Crippen LogP contribution in [0.15, 0.2) is 140 Å². The summed E-state index contributed by atoms with van der Waals surface area (Å²) in [6.07, 6.45) is 19.4. The summed E-state index contributed by atoms with van der Waals surface area (Å²) in [5.74, 6) is 4.21. The molecule has 0 amide bonds. The van der Waals surface area contributed by atoms with E-state index in [0.717, 1.165) is 84.3 Å². The molecule has 3 fully saturated rings. The minimum atomic E-state index is 0.385. The molecule has 0 heterocycles. The van der Waals surface area contributed by atoms with Crippen molar-refractivity contribution in [3.05, 3.63) is 190 Å². The highest BCUT2D eigenvalue weighted by Gasteiger charge is 2.31. The van der Waals surface area contributed by atoms with Crippen molar-refractivity contribution in [2.75, 3.05) is 22.9 Å². The lowest BCUT2D eigenvalue weighted by Crippen LogP contribution is -2.26. The van der Waals surface area contributed by atoms with Crippen LogP contribution in [0.2, 0.25) is 0 Å². The van der Waals surface area contributed by atoms with Gasteiger partial charge in [0.2, 0.25) is 0 Å². The third-order valence-electron chi connectivity index (χ3n) is 14.8. The van der Waals surface area contributed by atoms with Gasteiger partial charge in [0.05, 0.1) is 12.7 Å². The lowest BCUT2D eigenvalue weighted by molar-refractivity contribution is 0.0133. The summed E-state index contributed by atoms with van der Waals surface area (Å²) in [4.78, 5) is 0. The second-order valence-corrected chi connectivity index (χ2v) is 19.7. The Labute approximate surface area is 384 Å². The van der Waals surface area contributed by atoms with Crippen LogP contribution in [0, 0.1) is 24.7 Å². The molecule has 3 aliphatic rings. The summed E-state index contributed by atoms with van der Waals surface area (Å²) < 4.78 is 6.18. The van der Waals surface area contributed by atoms with Crippen LogP contribution in [0.5, 0.6) is 0 Å². The summed E-state index contributed by atoms with van der Waals surface area (Å²) in [7, 11) is 0. The van der Waals surface area contributed by atoms with E-state index in [0.29, 0.717) is 12.0 Å². The Balaban J connectivity index is 0.000000176. The van der Waals surface area contributed by atoms with Crippen LogP contribution in [0.25, 0.3) is 0 Å². The van der Waals surface area contributed by atoms with Crippen molar-refractivity contribution in [2.45, 2.75) is 128 Å². The largest absolute Gasteiger partial charge is 0.399 e. The Morgan fingerprint density at radius 2 is 0.828 bits per heavy atom. The fourth-order valence-electron chi connectivity index (χ4n) is 11.2. The summed E-state index contributed by atoms with van der Waals surface area (Å²) in [5, 5.41) is 0. The number of hydrogen-bond donors (Lipinski definition) is 4. The predicted molar refractivity (Wildman–Crippen MR) is 270 cm³/mol. The minimum Gasteiger partial charge on any atom is -0.399 e. The van der Waals surface area contributed by atoms with Gasteiger partial charge in [0.1, 0.15) is 0 Å². The first-order valence-corrected chi connectivity index (χ1v) is 24.4. The first kappa shape index (κ1) is 45.1. The maximum Gasteiger partial charge on any atom is 0.0720 e. The minimum absolute atomic E-state index is 0.385. The quantitative estimate of drug-likeness (QED) is 0.0916. The van der Waals surface area contributed by atoms with Crippen molar-refractivity contribution in [1.29, 1.82) is 0 Å². The SMILES string of the molecule is Cc1ccc(COC2CCC(c3ccc(Cc4cc(N)cc(N)c4)cc3)CC2)cc1.Nc1cc(N)cc(Cc2ccc(C3CCC(C4CCC(Cc5ccccc5)CC4)CC3)cc2)c1. The molecule has 6 aromatic rings. The second kappa shape index (κ2) is 21.9. The van der Waals surface area contributed by atoms with Gasteiger partial charge in [-0.3, -0.25) is 0 Å². The second-order valence-electron chi connectivity index (χ2n) is 19.7. The molecule has 64 heavy (non-hydrogen) atoms. The molecule has 0 saturated heterocycles. The summed E-state index contributed by atoms with van der Waals surface area (Å²) in [6.45, 7) is 2.84. The third kappa shape index (κ3) is 13.0. The van der Waals surface area contributed by atoms with E-state index in [1.807, 2.05) is 30.3 Å². The van der Waals surface area contributed by atoms with Gasteiger partial charge < -0.3 is 27.7 Å². The molecule has 9 rings (SSSR count). The van der Waals surface area contributed by atoms with Gasteiger partial charge in [-0.05, 0) is 214 Å². The average molecular weight is 853 g/mol.